The van der Waals surface area contributed by atoms with Crippen LogP contribution in [-0.2, 0) is 4.79 Å². The standard InChI is InChI=1S/C16H19Cl2NO/c1-16(2)8-7-12(10-16)19-15(20)6-4-11-3-5-13(17)14(18)9-11/h3-6,9,12H,7-8,10H2,1-2H3,(H,19,20)/b6-4+. The lowest BCUT2D eigenvalue weighted by Gasteiger charge is -2.17. The molecule has 0 bridgehead atoms. The third-order valence-electron chi connectivity index (χ3n) is 3.69. The quantitative estimate of drug-likeness (QED) is 0.805. The van der Waals surface area contributed by atoms with Crippen molar-refractivity contribution in [3.63, 3.8) is 0 Å². The number of benzene rings is 1. The summed E-state index contributed by atoms with van der Waals surface area (Å²) < 4.78 is 0. The summed E-state index contributed by atoms with van der Waals surface area (Å²) in [5, 5.41) is 4.05. The van der Waals surface area contributed by atoms with Crippen LogP contribution >= 0.6 is 23.2 Å². The predicted octanol–water partition coefficient (Wildman–Crippen LogP) is 4.70. The normalized spacial score (nSPS) is 21.3. The van der Waals surface area contributed by atoms with E-state index in [0.717, 1.165) is 24.8 Å². The molecule has 2 nitrogen and oxygen atoms in total. The predicted molar refractivity (Wildman–Crippen MR) is 85.1 cm³/mol. The zero-order chi connectivity index (χ0) is 14.8. The van der Waals surface area contributed by atoms with Crippen LogP contribution in [0.3, 0.4) is 0 Å². The van der Waals surface area contributed by atoms with Gasteiger partial charge in [-0.25, -0.2) is 0 Å². The van der Waals surface area contributed by atoms with Gasteiger partial charge < -0.3 is 5.32 Å². The van der Waals surface area contributed by atoms with Crippen LogP contribution in [0.15, 0.2) is 24.3 Å². The molecule has 1 aliphatic rings. The molecular weight excluding hydrogens is 293 g/mol. The van der Waals surface area contributed by atoms with E-state index < -0.39 is 0 Å². The molecule has 1 N–H and O–H groups in total. The Labute approximate surface area is 130 Å². The highest BCUT2D eigenvalue weighted by Crippen LogP contribution is 2.36. The SMILES string of the molecule is CC1(C)CCC(NC(=O)/C=C/c2ccc(Cl)c(Cl)c2)C1. The van der Waals surface area contributed by atoms with E-state index in [1.165, 1.54) is 0 Å². The number of rotatable bonds is 3. The smallest absolute Gasteiger partial charge is 0.244 e. The van der Waals surface area contributed by atoms with Crippen molar-refractivity contribution < 1.29 is 4.79 Å². The molecule has 4 heteroatoms. The summed E-state index contributed by atoms with van der Waals surface area (Å²) in [7, 11) is 0. The van der Waals surface area contributed by atoms with E-state index in [9.17, 15) is 4.79 Å². The van der Waals surface area contributed by atoms with Crippen LogP contribution in [0.5, 0.6) is 0 Å². The molecule has 0 radical (unpaired) electrons. The number of amides is 1. The minimum absolute atomic E-state index is 0.0567. The summed E-state index contributed by atoms with van der Waals surface area (Å²) in [6.07, 6.45) is 6.55. The molecule has 2 rings (SSSR count). The van der Waals surface area contributed by atoms with Gasteiger partial charge in [-0.15, -0.1) is 0 Å². The first-order valence-electron chi connectivity index (χ1n) is 6.79. The van der Waals surface area contributed by atoms with Crippen molar-refractivity contribution in [2.24, 2.45) is 5.41 Å². The fraction of sp³-hybridized carbons (Fsp3) is 0.438. The largest absolute Gasteiger partial charge is 0.350 e. The lowest BCUT2D eigenvalue weighted by molar-refractivity contribution is -0.117. The van der Waals surface area contributed by atoms with Gasteiger partial charge in [-0.05, 0) is 48.4 Å². The van der Waals surface area contributed by atoms with Crippen LogP contribution in [0.2, 0.25) is 10.0 Å². The van der Waals surface area contributed by atoms with Gasteiger partial charge in [-0.3, -0.25) is 4.79 Å². The number of carbonyl (C=O) groups excluding carboxylic acids is 1. The summed E-state index contributed by atoms with van der Waals surface area (Å²) in [4.78, 5) is 11.9. The molecular formula is C16H19Cl2NO. The van der Waals surface area contributed by atoms with Crippen molar-refractivity contribution in [1.29, 1.82) is 0 Å². The van der Waals surface area contributed by atoms with Crippen molar-refractivity contribution in [2.75, 3.05) is 0 Å². The van der Waals surface area contributed by atoms with E-state index in [1.807, 2.05) is 6.07 Å². The minimum Gasteiger partial charge on any atom is -0.350 e. The number of nitrogens with one attached hydrogen (secondary N) is 1. The summed E-state index contributed by atoms with van der Waals surface area (Å²) >= 11 is 11.8. The number of carbonyl (C=O) groups is 1. The molecule has 1 amide bonds. The van der Waals surface area contributed by atoms with Crippen molar-refractivity contribution in [2.45, 2.75) is 39.2 Å². The minimum atomic E-state index is -0.0567. The Kier molecular flexibility index (Phi) is 4.77. The van der Waals surface area contributed by atoms with Gasteiger partial charge in [0.1, 0.15) is 0 Å². The molecule has 1 aromatic rings. The third kappa shape index (κ3) is 4.26. The van der Waals surface area contributed by atoms with Crippen LogP contribution in [0, 0.1) is 5.41 Å². The van der Waals surface area contributed by atoms with E-state index in [1.54, 1.807) is 24.3 Å². The maximum atomic E-state index is 11.9. The highest BCUT2D eigenvalue weighted by atomic mass is 35.5. The average Bonchev–Trinajstić information content (AvgIpc) is 2.70. The Morgan fingerprint density at radius 2 is 2.10 bits per heavy atom. The summed E-state index contributed by atoms with van der Waals surface area (Å²) in [6, 6.07) is 5.58. The van der Waals surface area contributed by atoms with Gasteiger partial charge in [0.15, 0.2) is 0 Å². The molecule has 20 heavy (non-hydrogen) atoms. The molecule has 0 spiro atoms. The maximum Gasteiger partial charge on any atom is 0.244 e. The van der Waals surface area contributed by atoms with E-state index in [2.05, 4.69) is 19.2 Å². The van der Waals surface area contributed by atoms with Crippen LogP contribution in [0.1, 0.15) is 38.7 Å². The lowest BCUT2D eigenvalue weighted by Crippen LogP contribution is -2.32. The third-order valence-corrected chi connectivity index (χ3v) is 4.42. The molecule has 1 saturated carbocycles. The van der Waals surface area contributed by atoms with Gasteiger partial charge in [0.25, 0.3) is 0 Å². The summed E-state index contributed by atoms with van der Waals surface area (Å²) in [5.74, 6) is -0.0567. The first-order chi connectivity index (χ1) is 9.35. The average molecular weight is 312 g/mol. The molecule has 0 aromatic heterocycles. The van der Waals surface area contributed by atoms with E-state index >= 15 is 0 Å². The Bertz CT molecular complexity index is 537. The molecule has 1 aliphatic carbocycles. The van der Waals surface area contributed by atoms with Crippen LogP contribution in [-0.4, -0.2) is 11.9 Å². The van der Waals surface area contributed by atoms with Gasteiger partial charge in [-0.1, -0.05) is 43.1 Å². The number of hydrogen-bond acceptors (Lipinski definition) is 1. The highest BCUT2D eigenvalue weighted by molar-refractivity contribution is 6.42. The van der Waals surface area contributed by atoms with E-state index in [4.69, 9.17) is 23.2 Å². The van der Waals surface area contributed by atoms with Crippen molar-refractivity contribution in [1.82, 2.24) is 5.32 Å². The van der Waals surface area contributed by atoms with Crippen LogP contribution in [0.25, 0.3) is 6.08 Å². The summed E-state index contributed by atoms with van der Waals surface area (Å²) in [5.41, 5.74) is 1.20. The van der Waals surface area contributed by atoms with Crippen LogP contribution in [0.4, 0.5) is 0 Å². The van der Waals surface area contributed by atoms with Crippen molar-refractivity contribution in [3.05, 3.63) is 39.9 Å². The van der Waals surface area contributed by atoms with Gasteiger partial charge in [0.2, 0.25) is 5.91 Å². The zero-order valence-corrected chi connectivity index (χ0v) is 13.3. The fourth-order valence-corrected chi connectivity index (χ4v) is 2.90. The van der Waals surface area contributed by atoms with E-state index in [0.29, 0.717) is 15.5 Å². The highest BCUT2D eigenvalue weighted by Gasteiger charge is 2.31. The second-order valence-corrected chi connectivity index (χ2v) is 6.93. The summed E-state index contributed by atoms with van der Waals surface area (Å²) in [6.45, 7) is 4.48. The molecule has 1 unspecified atom stereocenters. The van der Waals surface area contributed by atoms with Gasteiger partial charge in [0, 0.05) is 12.1 Å². The van der Waals surface area contributed by atoms with Gasteiger partial charge >= 0.3 is 0 Å². The molecule has 108 valence electrons. The van der Waals surface area contributed by atoms with E-state index in [-0.39, 0.29) is 11.9 Å². The van der Waals surface area contributed by atoms with Crippen molar-refractivity contribution in [3.8, 4) is 0 Å². The maximum absolute atomic E-state index is 11.9. The Morgan fingerprint density at radius 3 is 2.70 bits per heavy atom. The molecule has 1 atom stereocenters. The molecule has 0 saturated heterocycles. The second-order valence-electron chi connectivity index (χ2n) is 6.12. The molecule has 1 aromatic carbocycles. The fourth-order valence-electron chi connectivity index (χ4n) is 2.60. The Balaban J connectivity index is 1.91. The molecule has 0 heterocycles. The topological polar surface area (TPSA) is 29.1 Å². The Morgan fingerprint density at radius 1 is 1.35 bits per heavy atom. The number of hydrogen-bond donors (Lipinski definition) is 1. The second kappa shape index (κ2) is 6.19. The zero-order valence-electron chi connectivity index (χ0n) is 11.7. The monoisotopic (exact) mass is 311 g/mol. The molecule has 1 fully saturated rings. The molecule has 0 aliphatic heterocycles. The number of halogens is 2. The first kappa shape index (κ1) is 15.4. The van der Waals surface area contributed by atoms with Gasteiger partial charge in [-0.2, -0.15) is 0 Å². The van der Waals surface area contributed by atoms with Crippen LogP contribution < -0.4 is 5.32 Å². The Hall–Kier alpha value is -0.990. The van der Waals surface area contributed by atoms with Gasteiger partial charge in [0.05, 0.1) is 10.0 Å². The lowest BCUT2D eigenvalue weighted by atomic mass is 9.92. The van der Waals surface area contributed by atoms with Crippen molar-refractivity contribution >= 4 is 35.2 Å². The first-order valence-corrected chi connectivity index (χ1v) is 7.55.